The van der Waals surface area contributed by atoms with Crippen molar-refractivity contribution in [1.82, 2.24) is 4.98 Å². The predicted molar refractivity (Wildman–Crippen MR) is 56.3 cm³/mol. The highest BCUT2D eigenvalue weighted by Gasteiger charge is 2.04. The highest BCUT2D eigenvalue weighted by molar-refractivity contribution is 7.09. The summed E-state index contributed by atoms with van der Waals surface area (Å²) in [5.74, 6) is 1.76. The SMILES string of the molecule is Cc1csc(Cc2ccc(CN)o2)n1. The van der Waals surface area contributed by atoms with Gasteiger partial charge in [0.25, 0.3) is 0 Å². The molecule has 0 spiro atoms. The molecule has 2 aromatic rings. The van der Waals surface area contributed by atoms with Crippen molar-refractivity contribution in [2.24, 2.45) is 5.73 Å². The summed E-state index contributed by atoms with van der Waals surface area (Å²) in [7, 11) is 0. The zero-order valence-corrected chi connectivity index (χ0v) is 8.80. The summed E-state index contributed by atoms with van der Waals surface area (Å²) in [5.41, 5.74) is 6.52. The maximum Gasteiger partial charge on any atom is 0.117 e. The summed E-state index contributed by atoms with van der Waals surface area (Å²) < 4.78 is 5.49. The molecule has 2 aromatic heterocycles. The second-order valence-corrected chi connectivity index (χ2v) is 4.07. The van der Waals surface area contributed by atoms with Gasteiger partial charge in [-0.25, -0.2) is 4.98 Å². The van der Waals surface area contributed by atoms with Gasteiger partial charge in [-0.2, -0.15) is 0 Å². The van der Waals surface area contributed by atoms with Crippen LogP contribution in [-0.4, -0.2) is 4.98 Å². The maximum atomic E-state index is 5.49. The van der Waals surface area contributed by atoms with Gasteiger partial charge in [0.1, 0.15) is 16.5 Å². The van der Waals surface area contributed by atoms with Crippen molar-refractivity contribution in [2.75, 3.05) is 0 Å². The van der Waals surface area contributed by atoms with Crippen molar-refractivity contribution in [3.8, 4) is 0 Å². The van der Waals surface area contributed by atoms with Crippen molar-refractivity contribution < 1.29 is 4.42 Å². The Kier molecular flexibility index (Phi) is 2.65. The number of furan rings is 1. The fourth-order valence-corrected chi connectivity index (χ4v) is 2.04. The van der Waals surface area contributed by atoms with E-state index in [1.807, 2.05) is 24.4 Å². The smallest absolute Gasteiger partial charge is 0.117 e. The average molecular weight is 208 g/mol. The molecule has 0 aliphatic rings. The standard InChI is InChI=1S/C10H12N2OS/c1-7-6-14-10(12-7)4-8-2-3-9(5-11)13-8/h2-3,6H,4-5,11H2,1H3. The van der Waals surface area contributed by atoms with Crippen molar-refractivity contribution in [1.29, 1.82) is 0 Å². The van der Waals surface area contributed by atoms with Gasteiger partial charge in [0, 0.05) is 11.1 Å². The molecule has 0 bridgehead atoms. The Morgan fingerprint density at radius 1 is 1.43 bits per heavy atom. The van der Waals surface area contributed by atoms with E-state index < -0.39 is 0 Å². The topological polar surface area (TPSA) is 52.0 Å². The molecule has 0 unspecified atom stereocenters. The summed E-state index contributed by atoms with van der Waals surface area (Å²) in [6.07, 6.45) is 0.762. The van der Waals surface area contributed by atoms with Gasteiger partial charge < -0.3 is 10.2 Å². The first kappa shape index (κ1) is 9.43. The average Bonchev–Trinajstić information content (AvgIpc) is 2.76. The van der Waals surface area contributed by atoms with Crippen LogP contribution in [0.15, 0.2) is 21.9 Å². The summed E-state index contributed by atoms with van der Waals surface area (Å²) in [4.78, 5) is 4.37. The fraction of sp³-hybridized carbons (Fsp3) is 0.300. The van der Waals surface area contributed by atoms with Gasteiger partial charge >= 0.3 is 0 Å². The summed E-state index contributed by atoms with van der Waals surface area (Å²) in [6.45, 7) is 2.45. The van der Waals surface area contributed by atoms with Crippen LogP contribution in [-0.2, 0) is 13.0 Å². The quantitative estimate of drug-likeness (QED) is 0.840. The van der Waals surface area contributed by atoms with Crippen LogP contribution < -0.4 is 5.73 Å². The third-order valence-electron chi connectivity index (χ3n) is 1.91. The van der Waals surface area contributed by atoms with E-state index in [9.17, 15) is 0 Å². The van der Waals surface area contributed by atoms with E-state index in [0.29, 0.717) is 6.54 Å². The van der Waals surface area contributed by atoms with Crippen molar-refractivity contribution in [3.05, 3.63) is 39.7 Å². The predicted octanol–water partition coefficient (Wildman–Crippen LogP) is 2.09. The molecule has 0 saturated carbocycles. The second-order valence-electron chi connectivity index (χ2n) is 3.13. The molecule has 0 aromatic carbocycles. The van der Waals surface area contributed by atoms with E-state index in [4.69, 9.17) is 10.2 Å². The van der Waals surface area contributed by atoms with Gasteiger partial charge in [-0.05, 0) is 19.1 Å². The lowest BCUT2D eigenvalue weighted by Crippen LogP contribution is -1.93. The minimum atomic E-state index is 0.455. The largest absolute Gasteiger partial charge is 0.464 e. The zero-order valence-electron chi connectivity index (χ0n) is 7.99. The minimum Gasteiger partial charge on any atom is -0.464 e. The van der Waals surface area contributed by atoms with Crippen LogP contribution in [0.5, 0.6) is 0 Å². The lowest BCUT2D eigenvalue weighted by molar-refractivity contribution is 0.475. The number of hydrogen-bond donors (Lipinski definition) is 1. The Hall–Kier alpha value is -1.13. The highest BCUT2D eigenvalue weighted by Crippen LogP contribution is 2.16. The molecule has 0 aliphatic heterocycles. The van der Waals surface area contributed by atoms with Crippen LogP contribution >= 0.6 is 11.3 Å². The number of aromatic nitrogens is 1. The Balaban J connectivity index is 2.10. The van der Waals surface area contributed by atoms with Crippen molar-refractivity contribution >= 4 is 11.3 Å². The molecule has 0 saturated heterocycles. The molecule has 14 heavy (non-hydrogen) atoms. The van der Waals surface area contributed by atoms with Gasteiger partial charge in [0.15, 0.2) is 0 Å². The van der Waals surface area contributed by atoms with Crippen molar-refractivity contribution in [2.45, 2.75) is 19.9 Å². The number of nitrogens with two attached hydrogens (primary N) is 1. The molecule has 0 radical (unpaired) electrons. The molecule has 2 rings (SSSR count). The normalized spacial score (nSPS) is 10.7. The fourth-order valence-electron chi connectivity index (χ4n) is 1.26. The Morgan fingerprint density at radius 2 is 2.21 bits per heavy atom. The van der Waals surface area contributed by atoms with Crippen LogP contribution in [0.2, 0.25) is 0 Å². The van der Waals surface area contributed by atoms with Gasteiger partial charge in [-0.15, -0.1) is 11.3 Å². The summed E-state index contributed by atoms with van der Waals surface area (Å²) in [6, 6.07) is 3.87. The molecule has 74 valence electrons. The van der Waals surface area contributed by atoms with Crippen LogP contribution in [0.1, 0.15) is 22.2 Å². The number of thiazole rings is 1. The van der Waals surface area contributed by atoms with Gasteiger partial charge in [0.05, 0.1) is 13.0 Å². The minimum absolute atomic E-state index is 0.455. The molecule has 0 amide bonds. The third-order valence-corrected chi connectivity index (χ3v) is 2.88. The van der Waals surface area contributed by atoms with E-state index in [-0.39, 0.29) is 0 Å². The first-order chi connectivity index (χ1) is 6.78. The van der Waals surface area contributed by atoms with Crippen molar-refractivity contribution in [3.63, 3.8) is 0 Å². The summed E-state index contributed by atoms with van der Waals surface area (Å²) >= 11 is 1.66. The van der Waals surface area contributed by atoms with E-state index in [1.165, 1.54) is 0 Å². The number of aryl methyl sites for hydroxylation is 1. The second kappa shape index (κ2) is 3.94. The zero-order chi connectivity index (χ0) is 9.97. The Labute approximate surface area is 86.6 Å². The molecule has 2 N–H and O–H groups in total. The molecule has 0 atom stereocenters. The molecule has 4 heteroatoms. The van der Waals surface area contributed by atoms with E-state index in [2.05, 4.69) is 4.98 Å². The first-order valence-corrected chi connectivity index (χ1v) is 5.34. The molecule has 2 heterocycles. The number of rotatable bonds is 3. The van der Waals surface area contributed by atoms with E-state index in [0.717, 1.165) is 28.6 Å². The van der Waals surface area contributed by atoms with Gasteiger partial charge in [-0.1, -0.05) is 0 Å². The lowest BCUT2D eigenvalue weighted by Gasteiger charge is -1.92. The van der Waals surface area contributed by atoms with E-state index in [1.54, 1.807) is 11.3 Å². The Bertz CT molecular complexity index is 419. The molecular formula is C10H12N2OS. The van der Waals surface area contributed by atoms with Crippen LogP contribution in [0.3, 0.4) is 0 Å². The van der Waals surface area contributed by atoms with Crippen LogP contribution in [0.4, 0.5) is 0 Å². The van der Waals surface area contributed by atoms with Crippen LogP contribution in [0.25, 0.3) is 0 Å². The highest BCUT2D eigenvalue weighted by atomic mass is 32.1. The lowest BCUT2D eigenvalue weighted by atomic mass is 10.3. The van der Waals surface area contributed by atoms with Gasteiger partial charge in [0.2, 0.25) is 0 Å². The van der Waals surface area contributed by atoms with Gasteiger partial charge in [-0.3, -0.25) is 0 Å². The monoisotopic (exact) mass is 208 g/mol. The Morgan fingerprint density at radius 3 is 2.79 bits per heavy atom. The molecular weight excluding hydrogens is 196 g/mol. The maximum absolute atomic E-state index is 5.49. The molecule has 3 nitrogen and oxygen atoms in total. The van der Waals surface area contributed by atoms with Crippen LogP contribution in [0, 0.1) is 6.92 Å². The molecule has 0 aliphatic carbocycles. The van der Waals surface area contributed by atoms with E-state index >= 15 is 0 Å². The third kappa shape index (κ3) is 2.02. The summed E-state index contributed by atoms with van der Waals surface area (Å²) in [5, 5.41) is 3.13. The number of nitrogens with zero attached hydrogens (tertiary/aromatic N) is 1. The number of hydrogen-bond acceptors (Lipinski definition) is 4. The molecule has 0 fully saturated rings. The first-order valence-electron chi connectivity index (χ1n) is 4.46.